The number of hydrogen-bond acceptors (Lipinski definition) is 3. The van der Waals surface area contributed by atoms with Gasteiger partial charge in [0.1, 0.15) is 6.54 Å². The first kappa shape index (κ1) is 14.7. The van der Waals surface area contributed by atoms with Gasteiger partial charge in [0.2, 0.25) is 0 Å². The van der Waals surface area contributed by atoms with E-state index in [-0.39, 0.29) is 18.6 Å². The zero-order valence-electron chi connectivity index (χ0n) is 10.3. The van der Waals surface area contributed by atoms with Gasteiger partial charge in [0.15, 0.2) is 0 Å². The average molecular weight is 232 g/mol. The van der Waals surface area contributed by atoms with E-state index in [1.807, 2.05) is 13.8 Å². The molecule has 0 aliphatic heterocycles. The first-order valence-electron chi connectivity index (χ1n) is 5.16. The third-order valence-corrected chi connectivity index (χ3v) is 2.23. The van der Waals surface area contributed by atoms with Crippen molar-refractivity contribution in [2.75, 3.05) is 33.9 Å². The van der Waals surface area contributed by atoms with Crippen LogP contribution in [0.1, 0.15) is 13.8 Å². The van der Waals surface area contributed by atoms with Crippen molar-refractivity contribution in [3.8, 4) is 0 Å². The molecule has 16 heavy (non-hydrogen) atoms. The van der Waals surface area contributed by atoms with E-state index < -0.39 is 5.97 Å². The van der Waals surface area contributed by atoms with E-state index >= 15 is 0 Å². The third-order valence-electron chi connectivity index (χ3n) is 2.23. The van der Waals surface area contributed by atoms with E-state index in [1.54, 1.807) is 12.0 Å². The molecule has 0 bridgehead atoms. The van der Waals surface area contributed by atoms with Crippen LogP contribution in [0.15, 0.2) is 0 Å². The van der Waals surface area contributed by atoms with Gasteiger partial charge in [-0.05, 0) is 13.8 Å². The van der Waals surface area contributed by atoms with Crippen LogP contribution in [0.2, 0.25) is 0 Å². The molecule has 1 N–H and O–H groups in total. The van der Waals surface area contributed by atoms with Gasteiger partial charge in [-0.3, -0.25) is 4.79 Å². The van der Waals surface area contributed by atoms with Crippen molar-refractivity contribution in [1.29, 1.82) is 0 Å². The van der Waals surface area contributed by atoms with E-state index in [4.69, 9.17) is 9.84 Å². The molecule has 0 heterocycles. The van der Waals surface area contributed by atoms with Crippen molar-refractivity contribution >= 4 is 12.0 Å². The molecule has 0 aliphatic rings. The molecule has 2 amide bonds. The summed E-state index contributed by atoms with van der Waals surface area (Å²) in [5.74, 6) is -1.02. The summed E-state index contributed by atoms with van der Waals surface area (Å²) < 4.78 is 4.97. The summed E-state index contributed by atoms with van der Waals surface area (Å²) in [6.45, 7) is 4.36. The summed E-state index contributed by atoms with van der Waals surface area (Å²) in [5, 5.41) is 8.59. The lowest BCUT2D eigenvalue weighted by Gasteiger charge is -2.31. The monoisotopic (exact) mass is 232 g/mol. The van der Waals surface area contributed by atoms with Crippen LogP contribution < -0.4 is 0 Å². The number of urea groups is 1. The lowest BCUT2D eigenvalue weighted by molar-refractivity contribution is -0.137. The van der Waals surface area contributed by atoms with Crippen molar-refractivity contribution in [2.24, 2.45) is 0 Å². The number of methoxy groups -OCH3 is 1. The number of amides is 2. The van der Waals surface area contributed by atoms with E-state index in [2.05, 4.69) is 0 Å². The van der Waals surface area contributed by atoms with Crippen LogP contribution in [0.4, 0.5) is 4.79 Å². The Balaban J connectivity index is 4.45. The van der Waals surface area contributed by atoms with Crippen LogP contribution in [0.25, 0.3) is 0 Å². The molecule has 0 aromatic rings. The highest BCUT2D eigenvalue weighted by atomic mass is 16.5. The molecule has 0 aliphatic carbocycles. The van der Waals surface area contributed by atoms with Crippen LogP contribution in [-0.2, 0) is 9.53 Å². The van der Waals surface area contributed by atoms with Gasteiger partial charge in [-0.15, -0.1) is 0 Å². The maximum Gasteiger partial charge on any atom is 0.323 e. The molecular formula is C10H20N2O4. The lowest BCUT2D eigenvalue weighted by Crippen LogP contribution is -2.48. The minimum absolute atomic E-state index is 0.0706. The molecule has 6 nitrogen and oxygen atoms in total. The SMILES string of the molecule is CCN(C(=O)N(C)CC(=O)O)C(C)COC. The molecule has 0 saturated heterocycles. The molecule has 1 unspecified atom stereocenters. The first-order chi connectivity index (χ1) is 7.43. The maximum absolute atomic E-state index is 11.9. The molecule has 0 saturated carbocycles. The molecule has 0 aromatic carbocycles. The number of carbonyl (C=O) groups excluding carboxylic acids is 1. The molecule has 6 heteroatoms. The van der Waals surface area contributed by atoms with E-state index in [0.717, 1.165) is 0 Å². The molecule has 0 radical (unpaired) electrons. The van der Waals surface area contributed by atoms with Crippen molar-refractivity contribution < 1.29 is 19.4 Å². The first-order valence-corrected chi connectivity index (χ1v) is 5.16. The Bertz CT molecular complexity index is 245. The highest BCUT2D eigenvalue weighted by molar-refractivity contribution is 5.80. The van der Waals surface area contributed by atoms with Gasteiger partial charge < -0.3 is 19.6 Å². The minimum atomic E-state index is -1.02. The molecule has 0 spiro atoms. The van der Waals surface area contributed by atoms with E-state index in [9.17, 15) is 9.59 Å². The summed E-state index contributed by atoms with van der Waals surface area (Å²) in [6, 6.07) is -0.367. The number of ether oxygens (including phenoxy) is 1. The van der Waals surface area contributed by atoms with Gasteiger partial charge in [-0.2, -0.15) is 0 Å². The second-order valence-corrected chi connectivity index (χ2v) is 3.62. The summed E-state index contributed by atoms with van der Waals surface area (Å²) >= 11 is 0. The number of carboxylic acids is 1. The number of rotatable bonds is 6. The third kappa shape index (κ3) is 4.48. The zero-order chi connectivity index (χ0) is 12.7. The van der Waals surface area contributed by atoms with Crippen LogP contribution in [0.5, 0.6) is 0 Å². The second kappa shape index (κ2) is 7.05. The van der Waals surface area contributed by atoms with Gasteiger partial charge in [-0.1, -0.05) is 0 Å². The zero-order valence-corrected chi connectivity index (χ0v) is 10.3. The highest BCUT2D eigenvalue weighted by Crippen LogP contribution is 2.04. The van der Waals surface area contributed by atoms with Gasteiger partial charge in [0.25, 0.3) is 0 Å². The lowest BCUT2D eigenvalue weighted by atomic mass is 10.3. The van der Waals surface area contributed by atoms with Gasteiger partial charge in [0.05, 0.1) is 12.6 Å². The smallest absolute Gasteiger partial charge is 0.323 e. The number of hydrogen-bond donors (Lipinski definition) is 1. The Morgan fingerprint density at radius 2 is 2.00 bits per heavy atom. The average Bonchev–Trinajstić information content (AvgIpc) is 2.17. The Morgan fingerprint density at radius 1 is 1.44 bits per heavy atom. The Hall–Kier alpha value is -1.30. The fourth-order valence-corrected chi connectivity index (χ4v) is 1.46. The van der Waals surface area contributed by atoms with Crippen molar-refractivity contribution in [1.82, 2.24) is 9.80 Å². The predicted molar refractivity (Wildman–Crippen MR) is 59.4 cm³/mol. The molecule has 0 aromatic heterocycles. The number of carbonyl (C=O) groups is 2. The molecule has 0 rings (SSSR count). The van der Waals surface area contributed by atoms with E-state index in [0.29, 0.717) is 13.2 Å². The topological polar surface area (TPSA) is 70.1 Å². The van der Waals surface area contributed by atoms with Gasteiger partial charge in [0, 0.05) is 20.7 Å². The summed E-state index contributed by atoms with van der Waals surface area (Å²) in [5.41, 5.74) is 0. The van der Waals surface area contributed by atoms with Crippen LogP contribution in [0.3, 0.4) is 0 Å². The largest absolute Gasteiger partial charge is 0.480 e. The minimum Gasteiger partial charge on any atom is -0.480 e. The molecule has 94 valence electrons. The number of aliphatic carboxylic acids is 1. The molecular weight excluding hydrogens is 212 g/mol. The Labute approximate surface area is 95.8 Å². The standard InChI is InChI=1S/C10H20N2O4/c1-5-12(8(2)7-16-4)10(15)11(3)6-9(13)14/h8H,5-7H2,1-4H3,(H,13,14). The molecule has 1 atom stereocenters. The van der Waals surface area contributed by atoms with Crippen LogP contribution in [-0.4, -0.2) is 66.8 Å². The maximum atomic E-state index is 11.9. The Morgan fingerprint density at radius 3 is 2.38 bits per heavy atom. The molecule has 0 fully saturated rings. The highest BCUT2D eigenvalue weighted by Gasteiger charge is 2.22. The fourth-order valence-electron chi connectivity index (χ4n) is 1.46. The normalized spacial score (nSPS) is 12.0. The van der Waals surface area contributed by atoms with Crippen LogP contribution in [0, 0.1) is 0 Å². The van der Waals surface area contributed by atoms with Crippen LogP contribution >= 0.6 is 0 Å². The number of carboxylic acid groups (broad SMARTS) is 1. The van der Waals surface area contributed by atoms with Gasteiger partial charge in [-0.25, -0.2) is 4.79 Å². The summed E-state index contributed by atoms with van der Waals surface area (Å²) in [6.07, 6.45) is 0. The Kier molecular flexibility index (Phi) is 6.48. The quantitative estimate of drug-likeness (QED) is 0.723. The van der Waals surface area contributed by atoms with E-state index in [1.165, 1.54) is 11.9 Å². The second-order valence-electron chi connectivity index (χ2n) is 3.62. The predicted octanol–water partition coefficient (Wildman–Crippen LogP) is 0.480. The van der Waals surface area contributed by atoms with Crippen molar-refractivity contribution in [2.45, 2.75) is 19.9 Å². The van der Waals surface area contributed by atoms with Gasteiger partial charge >= 0.3 is 12.0 Å². The summed E-state index contributed by atoms with van der Waals surface area (Å²) in [7, 11) is 3.04. The number of nitrogens with zero attached hydrogens (tertiary/aromatic N) is 2. The summed E-state index contributed by atoms with van der Waals surface area (Å²) in [4.78, 5) is 25.1. The van der Waals surface area contributed by atoms with Crippen molar-refractivity contribution in [3.63, 3.8) is 0 Å². The fraction of sp³-hybridized carbons (Fsp3) is 0.800. The van der Waals surface area contributed by atoms with Crippen molar-refractivity contribution in [3.05, 3.63) is 0 Å². The number of likely N-dealkylation sites (N-methyl/N-ethyl adjacent to an activating group) is 2.